The van der Waals surface area contributed by atoms with E-state index in [-0.39, 0.29) is 18.1 Å². The van der Waals surface area contributed by atoms with Crippen molar-refractivity contribution in [3.05, 3.63) is 0 Å². The van der Waals surface area contributed by atoms with Gasteiger partial charge in [-0.15, -0.1) is 0 Å². The van der Waals surface area contributed by atoms with Gasteiger partial charge in [-0.25, -0.2) is 0 Å². The van der Waals surface area contributed by atoms with Crippen LogP contribution in [0.2, 0.25) is 0 Å². The third kappa shape index (κ3) is 2.70. The lowest BCUT2D eigenvalue weighted by Gasteiger charge is -2.26. The van der Waals surface area contributed by atoms with Crippen molar-refractivity contribution >= 4 is 11.7 Å². The normalized spacial score (nSPS) is 17.2. The van der Waals surface area contributed by atoms with Gasteiger partial charge in [0, 0.05) is 6.04 Å². The second kappa shape index (κ2) is 3.51. The molecule has 0 aromatic rings. The zero-order chi connectivity index (χ0) is 8.27. The molecule has 0 aliphatic heterocycles. The molecule has 0 spiro atoms. The van der Waals surface area contributed by atoms with Crippen LogP contribution in [0.25, 0.3) is 0 Å². The van der Waals surface area contributed by atoms with Gasteiger partial charge in [-0.2, -0.15) is 0 Å². The van der Waals surface area contributed by atoms with Gasteiger partial charge in [0.25, 0.3) is 0 Å². The maximum Gasteiger partial charge on any atom is 0.227 e. The van der Waals surface area contributed by atoms with Crippen molar-refractivity contribution in [3.63, 3.8) is 0 Å². The van der Waals surface area contributed by atoms with Gasteiger partial charge in [0.05, 0.1) is 6.42 Å². The number of carbonyl (C=O) groups is 2. The van der Waals surface area contributed by atoms with Gasteiger partial charge in [0.2, 0.25) is 5.91 Å². The Hall–Kier alpha value is -0.860. The molecule has 0 aromatic carbocycles. The number of rotatable bonds is 3. The summed E-state index contributed by atoms with van der Waals surface area (Å²) in [7, 11) is 0. The number of ketones is 1. The van der Waals surface area contributed by atoms with Crippen molar-refractivity contribution in [2.45, 2.75) is 38.6 Å². The van der Waals surface area contributed by atoms with Gasteiger partial charge in [0.15, 0.2) is 0 Å². The number of nitrogens with one attached hydrogen (secondary N) is 1. The Balaban J connectivity index is 2.14. The fraction of sp³-hybridized carbons (Fsp3) is 0.750. The second-order valence-electron chi connectivity index (χ2n) is 3.07. The molecule has 0 unspecified atom stereocenters. The minimum atomic E-state index is -0.123. The highest BCUT2D eigenvalue weighted by molar-refractivity contribution is 5.96. The van der Waals surface area contributed by atoms with Crippen LogP contribution in [0.3, 0.4) is 0 Å². The molecule has 0 aromatic heterocycles. The van der Waals surface area contributed by atoms with Gasteiger partial charge in [-0.3, -0.25) is 9.59 Å². The second-order valence-corrected chi connectivity index (χ2v) is 3.07. The van der Waals surface area contributed by atoms with Crippen molar-refractivity contribution < 1.29 is 9.59 Å². The Morgan fingerprint density at radius 1 is 1.45 bits per heavy atom. The van der Waals surface area contributed by atoms with Gasteiger partial charge in [-0.05, 0) is 26.2 Å². The summed E-state index contributed by atoms with van der Waals surface area (Å²) in [5.74, 6) is -0.191. The van der Waals surface area contributed by atoms with E-state index in [9.17, 15) is 9.59 Å². The molecule has 1 amide bonds. The van der Waals surface area contributed by atoms with Crippen LogP contribution in [-0.2, 0) is 9.59 Å². The predicted molar refractivity (Wildman–Crippen MR) is 41.1 cm³/mol. The van der Waals surface area contributed by atoms with Crippen molar-refractivity contribution in [1.82, 2.24) is 5.32 Å². The standard InChI is InChI=1S/C8H13NO2/c1-6(10)5-8(11)9-7-3-2-4-7/h7H,2-5H2,1H3,(H,9,11). The molecule has 1 aliphatic rings. The molecule has 1 fully saturated rings. The highest BCUT2D eigenvalue weighted by Crippen LogP contribution is 2.17. The molecule has 1 saturated carbocycles. The third-order valence-electron chi connectivity index (χ3n) is 1.88. The zero-order valence-electron chi connectivity index (χ0n) is 6.72. The van der Waals surface area contributed by atoms with E-state index in [1.807, 2.05) is 0 Å². The molecule has 0 bridgehead atoms. The van der Waals surface area contributed by atoms with E-state index < -0.39 is 0 Å². The number of carbonyl (C=O) groups excluding carboxylic acids is 2. The molecule has 1 N–H and O–H groups in total. The van der Waals surface area contributed by atoms with Crippen LogP contribution in [0.1, 0.15) is 32.6 Å². The molecule has 0 radical (unpaired) electrons. The summed E-state index contributed by atoms with van der Waals surface area (Å²) in [6, 6.07) is 0.349. The zero-order valence-corrected chi connectivity index (χ0v) is 6.72. The number of hydrogen-bond donors (Lipinski definition) is 1. The van der Waals surface area contributed by atoms with Crippen LogP contribution >= 0.6 is 0 Å². The smallest absolute Gasteiger partial charge is 0.227 e. The summed E-state index contributed by atoms with van der Waals surface area (Å²) in [6.07, 6.45) is 3.38. The Bertz CT molecular complexity index is 173. The molecule has 0 heterocycles. The number of amides is 1. The van der Waals surface area contributed by atoms with Crippen molar-refractivity contribution in [1.29, 1.82) is 0 Å². The average molecular weight is 155 g/mol. The van der Waals surface area contributed by atoms with Crippen molar-refractivity contribution in [2.75, 3.05) is 0 Å². The molecule has 3 heteroatoms. The topological polar surface area (TPSA) is 46.2 Å². The van der Waals surface area contributed by atoms with Crippen LogP contribution < -0.4 is 5.32 Å². The van der Waals surface area contributed by atoms with Crippen LogP contribution in [0.4, 0.5) is 0 Å². The van der Waals surface area contributed by atoms with Crippen molar-refractivity contribution in [2.24, 2.45) is 0 Å². The van der Waals surface area contributed by atoms with Crippen LogP contribution in [0, 0.1) is 0 Å². The molecule has 0 saturated heterocycles. The summed E-state index contributed by atoms with van der Waals surface area (Å²) in [4.78, 5) is 21.4. The van der Waals surface area contributed by atoms with E-state index in [0.717, 1.165) is 12.8 Å². The molecule has 62 valence electrons. The van der Waals surface area contributed by atoms with Crippen molar-refractivity contribution in [3.8, 4) is 0 Å². The maximum absolute atomic E-state index is 10.9. The predicted octanol–water partition coefficient (Wildman–Crippen LogP) is 0.634. The summed E-state index contributed by atoms with van der Waals surface area (Å²) < 4.78 is 0. The molecule has 1 aliphatic carbocycles. The minimum Gasteiger partial charge on any atom is -0.353 e. The van der Waals surface area contributed by atoms with Crippen LogP contribution in [0.5, 0.6) is 0 Å². The molecular formula is C8H13NO2. The quantitative estimate of drug-likeness (QED) is 0.608. The Labute approximate surface area is 66.2 Å². The molecule has 3 nitrogen and oxygen atoms in total. The van der Waals surface area contributed by atoms with E-state index in [1.165, 1.54) is 13.3 Å². The summed E-state index contributed by atoms with van der Waals surface area (Å²) in [5, 5.41) is 2.79. The van der Waals surface area contributed by atoms with Gasteiger partial charge in [-0.1, -0.05) is 0 Å². The first kappa shape index (κ1) is 8.24. The summed E-state index contributed by atoms with van der Waals surface area (Å²) in [5.41, 5.74) is 0. The molecule has 11 heavy (non-hydrogen) atoms. The van der Waals surface area contributed by atoms with E-state index in [0.29, 0.717) is 6.04 Å². The summed E-state index contributed by atoms with van der Waals surface area (Å²) >= 11 is 0. The minimum absolute atomic E-state index is 0.0382. The van der Waals surface area contributed by atoms with Crippen LogP contribution in [-0.4, -0.2) is 17.7 Å². The molecule has 1 rings (SSSR count). The lowest BCUT2D eigenvalue weighted by atomic mass is 9.93. The van der Waals surface area contributed by atoms with E-state index in [1.54, 1.807) is 0 Å². The highest BCUT2D eigenvalue weighted by Gasteiger charge is 2.19. The first-order valence-electron chi connectivity index (χ1n) is 3.97. The molecule has 0 atom stereocenters. The van der Waals surface area contributed by atoms with E-state index in [2.05, 4.69) is 5.32 Å². The maximum atomic E-state index is 10.9. The van der Waals surface area contributed by atoms with E-state index in [4.69, 9.17) is 0 Å². The number of Topliss-reactive ketones (excluding diaryl/α,β-unsaturated/α-hetero) is 1. The van der Waals surface area contributed by atoms with Gasteiger partial charge in [0.1, 0.15) is 5.78 Å². The average Bonchev–Trinajstić information content (AvgIpc) is 1.77. The van der Waals surface area contributed by atoms with E-state index >= 15 is 0 Å². The van der Waals surface area contributed by atoms with Gasteiger partial charge < -0.3 is 5.32 Å². The highest BCUT2D eigenvalue weighted by atomic mass is 16.2. The lowest BCUT2D eigenvalue weighted by Crippen LogP contribution is -2.39. The largest absolute Gasteiger partial charge is 0.353 e. The number of hydrogen-bond acceptors (Lipinski definition) is 2. The fourth-order valence-corrected chi connectivity index (χ4v) is 1.06. The molecular weight excluding hydrogens is 142 g/mol. The Morgan fingerprint density at radius 3 is 2.45 bits per heavy atom. The third-order valence-corrected chi connectivity index (χ3v) is 1.88. The van der Waals surface area contributed by atoms with Crippen LogP contribution in [0.15, 0.2) is 0 Å². The monoisotopic (exact) mass is 155 g/mol. The Kier molecular flexibility index (Phi) is 2.63. The lowest BCUT2D eigenvalue weighted by molar-refractivity contribution is -0.127. The SMILES string of the molecule is CC(=O)CC(=O)NC1CCC1. The van der Waals surface area contributed by atoms with Gasteiger partial charge >= 0.3 is 0 Å². The Morgan fingerprint density at radius 2 is 2.09 bits per heavy atom. The first-order chi connectivity index (χ1) is 5.18. The summed E-state index contributed by atoms with van der Waals surface area (Å²) in [6.45, 7) is 1.43. The first-order valence-corrected chi connectivity index (χ1v) is 3.97. The fourth-order valence-electron chi connectivity index (χ4n) is 1.06.